The van der Waals surface area contributed by atoms with Gasteiger partial charge < -0.3 is 9.84 Å². The van der Waals surface area contributed by atoms with Crippen LogP contribution in [0.5, 0.6) is 11.5 Å². The maximum absolute atomic E-state index is 12.3. The molecule has 0 heterocycles. The van der Waals surface area contributed by atoms with E-state index < -0.39 is 0 Å². The summed E-state index contributed by atoms with van der Waals surface area (Å²) in [5.41, 5.74) is 0.860. The molecular weight excluding hydrogens is 288 g/mol. The van der Waals surface area contributed by atoms with Crippen LogP contribution in [0.2, 0.25) is 0 Å². The summed E-state index contributed by atoms with van der Waals surface area (Å²) < 4.78 is 5.64. The number of carbonyl (C=O) groups is 1. The van der Waals surface area contributed by atoms with Gasteiger partial charge in [0.2, 0.25) is 0 Å². The molecule has 0 saturated heterocycles. The lowest BCUT2D eigenvalue weighted by Gasteiger charge is -2.09. The third-order valence-electron chi connectivity index (χ3n) is 3.77. The van der Waals surface area contributed by atoms with E-state index in [1.54, 1.807) is 36.4 Å². The molecular formula is C20H24O3. The number of phenolic OH excluding ortho intramolecular Hbond substituents is 1. The summed E-state index contributed by atoms with van der Waals surface area (Å²) >= 11 is 0. The maximum Gasteiger partial charge on any atom is 0.196 e. The molecule has 1 N–H and O–H groups in total. The number of hydrogen-bond acceptors (Lipinski definition) is 3. The van der Waals surface area contributed by atoms with Gasteiger partial charge in [-0.05, 0) is 18.6 Å². The van der Waals surface area contributed by atoms with Gasteiger partial charge in [0.25, 0.3) is 0 Å². The monoisotopic (exact) mass is 312 g/mol. The molecule has 0 aromatic heterocycles. The van der Waals surface area contributed by atoms with Gasteiger partial charge in [0.05, 0.1) is 12.2 Å². The van der Waals surface area contributed by atoms with Gasteiger partial charge in [0.15, 0.2) is 5.78 Å². The minimum atomic E-state index is -0.186. The Hall–Kier alpha value is -2.29. The van der Waals surface area contributed by atoms with Gasteiger partial charge in [-0.15, -0.1) is 0 Å². The van der Waals surface area contributed by atoms with E-state index in [-0.39, 0.29) is 11.5 Å². The third-order valence-corrected chi connectivity index (χ3v) is 3.77. The lowest BCUT2D eigenvalue weighted by atomic mass is 10.0. The Morgan fingerprint density at radius 3 is 2.43 bits per heavy atom. The van der Waals surface area contributed by atoms with Gasteiger partial charge in [0.1, 0.15) is 11.5 Å². The first-order chi connectivity index (χ1) is 11.2. The van der Waals surface area contributed by atoms with Crippen molar-refractivity contribution in [2.45, 2.75) is 39.0 Å². The van der Waals surface area contributed by atoms with Crippen LogP contribution >= 0.6 is 0 Å². The van der Waals surface area contributed by atoms with E-state index in [9.17, 15) is 9.90 Å². The van der Waals surface area contributed by atoms with Gasteiger partial charge in [-0.2, -0.15) is 0 Å². The molecule has 0 aliphatic heterocycles. The Balaban J connectivity index is 1.92. The molecule has 23 heavy (non-hydrogen) atoms. The topological polar surface area (TPSA) is 46.5 Å². The van der Waals surface area contributed by atoms with Crippen molar-refractivity contribution in [2.24, 2.45) is 0 Å². The average Bonchev–Trinajstić information content (AvgIpc) is 2.58. The van der Waals surface area contributed by atoms with Crippen LogP contribution in [0.25, 0.3) is 0 Å². The molecule has 2 aromatic carbocycles. The number of unbranched alkanes of at least 4 members (excludes halogenated alkanes) is 4. The molecule has 2 rings (SSSR count). The van der Waals surface area contributed by atoms with Gasteiger partial charge in [-0.1, -0.05) is 62.9 Å². The first kappa shape index (κ1) is 17.1. The largest absolute Gasteiger partial charge is 0.507 e. The Bertz CT molecular complexity index is 620. The molecule has 0 spiro atoms. The van der Waals surface area contributed by atoms with Gasteiger partial charge in [-0.25, -0.2) is 0 Å². The quantitative estimate of drug-likeness (QED) is 0.525. The van der Waals surface area contributed by atoms with E-state index in [0.29, 0.717) is 23.5 Å². The number of hydrogen-bond donors (Lipinski definition) is 1. The van der Waals surface area contributed by atoms with Crippen molar-refractivity contribution in [3.63, 3.8) is 0 Å². The highest BCUT2D eigenvalue weighted by molar-refractivity contribution is 6.10. The number of aromatic hydroxyl groups is 1. The summed E-state index contributed by atoms with van der Waals surface area (Å²) in [6.07, 6.45) is 5.88. The molecule has 2 aromatic rings. The number of phenols is 1. The first-order valence-electron chi connectivity index (χ1n) is 8.28. The summed E-state index contributed by atoms with van der Waals surface area (Å²) in [5.74, 6) is 0.374. The molecule has 0 bridgehead atoms. The minimum absolute atomic E-state index is 0.0395. The fourth-order valence-electron chi connectivity index (χ4n) is 2.43. The zero-order valence-electron chi connectivity index (χ0n) is 13.6. The van der Waals surface area contributed by atoms with Crippen LogP contribution in [-0.2, 0) is 0 Å². The second kappa shape index (κ2) is 8.99. The molecule has 3 heteroatoms. The Morgan fingerprint density at radius 1 is 1.00 bits per heavy atom. The van der Waals surface area contributed by atoms with E-state index in [0.717, 1.165) is 12.8 Å². The standard InChI is InChI=1S/C20H24O3/c1-2-3-4-5-9-14-23-17-12-13-18(19(21)15-17)20(22)16-10-7-6-8-11-16/h6-8,10-13,15,21H,2-5,9,14H2,1H3. The van der Waals surface area contributed by atoms with Gasteiger partial charge >= 0.3 is 0 Å². The fourth-order valence-corrected chi connectivity index (χ4v) is 2.43. The second-order valence-corrected chi connectivity index (χ2v) is 5.64. The Kier molecular flexibility index (Phi) is 6.67. The molecule has 0 saturated carbocycles. The highest BCUT2D eigenvalue weighted by Gasteiger charge is 2.13. The normalized spacial score (nSPS) is 10.5. The van der Waals surface area contributed by atoms with Crippen molar-refractivity contribution in [1.82, 2.24) is 0 Å². The first-order valence-corrected chi connectivity index (χ1v) is 8.28. The van der Waals surface area contributed by atoms with Crippen LogP contribution in [0.15, 0.2) is 48.5 Å². The molecule has 0 fully saturated rings. The third kappa shape index (κ3) is 5.13. The van der Waals surface area contributed by atoms with Crippen molar-refractivity contribution in [1.29, 1.82) is 0 Å². The lowest BCUT2D eigenvalue weighted by Crippen LogP contribution is -2.02. The smallest absolute Gasteiger partial charge is 0.196 e. The summed E-state index contributed by atoms with van der Waals surface area (Å²) in [5, 5.41) is 10.1. The zero-order chi connectivity index (χ0) is 16.5. The number of ether oxygens (including phenoxy) is 1. The van der Waals surface area contributed by atoms with Crippen molar-refractivity contribution >= 4 is 5.78 Å². The molecule has 0 amide bonds. The molecule has 3 nitrogen and oxygen atoms in total. The maximum atomic E-state index is 12.3. The van der Waals surface area contributed by atoms with E-state index in [1.807, 2.05) is 6.07 Å². The van der Waals surface area contributed by atoms with E-state index >= 15 is 0 Å². The van der Waals surface area contributed by atoms with Crippen LogP contribution in [-0.4, -0.2) is 17.5 Å². The number of benzene rings is 2. The molecule has 122 valence electrons. The predicted octanol–water partition coefficient (Wildman–Crippen LogP) is 4.97. The fraction of sp³-hybridized carbons (Fsp3) is 0.350. The van der Waals surface area contributed by atoms with Crippen LogP contribution < -0.4 is 4.74 Å². The zero-order valence-corrected chi connectivity index (χ0v) is 13.6. The molecule has 0 aliphatic rings. The van der Waals surface area contributed by atoms with Crippen LogP contribution in [0.4, 0.5) is 0 Å². The highest BCUT2D eigenvalue weighted by Crippen LogP contribution is 2.26. The Morgan fingerprint density at radius 2 is 1.74 bits per heavy atom. The van der Waals surface area contributed by atoms with E-state index in [2.05, 4.69) is 6.92 Å². The van der Waals surface area contributed by atoms with Crippen LogP contribution in [0.3, 0.4) is 0 Å². The second-order valence-electron chi connectivity index (χ2n) is 5.64. The average molecular weight is 312 g/mol. The lowest BCUT2D eigenvalue weighted by molar-refractivity contribution is 0.103. The van der Waals surface area contributed by atoms with Crippen LogP contribution in [0.1, 0.15) is 54.9 Å². The summed E-state index contributed by atoms with van der Waals surface area (Å²) in [4.78, 5) is 12.3. The van der Waals surface area contributed by atoms with Crippen molar-refractivity contribution in [3.8, 4) is 11.5 Å². The molecule has 0 radical (unpaired) electrons. The predicted molar refractivity (Wildman–Crippen MR) is 92.2 cm³/mol. The molecule has 0 aliphatic carbocycles. The van der Waals surface area contributed by atoms with E-state index in [1.165, 1.54) is 25.3 Å². The van der Waals surface area contributed by atoms with Gasteiger partial charge in [-0.3, -0.25) is 4.79 Å². The summed E-state index contributed by atoms with van der Waals surface area (Å²) in [7, 11) is 0. The molecule has 0 atom stereocenters. The number of ketones is 1. The van der Waals surface area contributed by atoms with Crippen LogP contribution in [0, 0.1) is 0 Å². The highest BCUT2D eigenvalue weighted by atomic mass is 16.5. The number of carbonyl (C=O) groups excluding carboxylic acids is 1. The summed E-state index contributed by atoms with van der Waals surface area (Å²) in [6, 6.07) is 13.8. The Labute approximate surface area is 137 Å². The van der Waals surface area contributed by atoms with Crippen molar-refractivity contribution in [3.05, 3.63) is 59.7 Å². The molecule has 0 unspecified atom stereocenters. The number of rotatable bonds is 9. The van der Waals surface area contributed by atoms with Crippen molar-refractivity contribution in [2.75, 3.05) is 6.61 Å². The minimum Gasteiger partial charge on any atom is -0.507 e. The van der Waals surface area contributed by atoms with Gasteiger partial charge in [0, 0.05) is 11.6 Å². The van der Waals surface area contributed by atoms with E-state index in [4.69, 9.17) is 4.74 Å². The SMILES string of the molecule is CCCCCCCOc1ccc(C(=O)c2ccccc2)c(O)c1. The van der Waals surface area contributed by atoms with Crippen molar-refractivity contribution < 1.29 is 14.6 Å². The summed E-state index contributed by atoms with van der Waals surface area (Å²) in [6.45, 7) is 2.83.